The van der Waals surface area contributed by atoms with Crippen LogP contribution >= 0.6 is 0 Å². The van der Waals surface area contributed by atoms with Gasteiger partial charge < -0.3 is 10.6 Å². The number of hydrogen-bond donors (Lipinski definition) is 2. The number of halogens is 4. The molecule has 7 heteroatoms. The average molecular weight is 290 g/mol. The zero-order chi connectivity index (χ0) is 14.7. The van der Waals surface area contributed by atoms with Gasteiger partial charge in [-0.05, 0) is 19.4 Å². The van der Waals surface area contributed by atoms with Crippen LogP contribution in [0.25, 0.3) is 0 Å². The Balaban J connectivity index is 2.19. The van der Waals surface area contributed by atoms with Gasteiger partial charge in [0.2, 0.25) is 5.91 Å². The topological polar surface area (TPSA) is 41.1 Å². The first-order valence-electron chi connectivity index (χ1n) is 6.38. The maximum absolute atomic E-state index is 13.4. The van der Waals surface area contributed by atoms with Crippen LogP contribution in [0.4, 0.5) is 23.2 Å². The SMILES string of the molecule is O=C(Nc1c(F)c(F)cc(F)c1F)C1CCCCCN1. The van der Waals surface area contributed by atoms with E-state index in [0.29, 0.717) is 13.0 Å². The normalized spacial score (nSPS) is 19.5. The molecule has 1 aliphatic rings. The second kappa shape index (κ2) is 6.21. The molecule has 0 aliphatic carbocycles. The molecule has 2 rings (SSSR count). The molecule has 1 heterocycles. The molecule has 0 saturated carbocycles. The zero-order valence-electron chi connectivity index (χ0n) is 10.6. The average Bonchev–Trinajstić information content (AvgIpc) is 2.70. The van der Waals surface area contributed by atoms with Crippen LogP contribution in [0.5, 0.6) is 0 Å². The van der Waals surface area contributed by atoms with Gasteiger partial charge >= 0.3 is 0 Å². The Morgan fingerprint density at radius 3 is 2.40 bits per heavy atom. The Bertz CT molecular complexity index is 487. The molecule has 1 saturated heterocycles. The molecule has 1 aromatic rings. The van der Waals surface area contributed by atoms with Crippen LogP contribution in [0, 0.1) is 23.3 Å². The number of nitrogens with one attached hydrogen (secondary N) is 2. The number of hydrogen-bond acceptors (Lipinski definition) is 2. The summed E-state index contributed by atoms with van der Waals surface area (Å²) in [6, 6.07) is -0.521. The van der Waals surface area contributed by atoms with Crippen molar-refractivity contribution in [2.45, 2.75) is 31.7 Å². The molecule has 110 valence electrons. The molecule has 1 amide bonds. The van der Waals surface area contributed by atoms with Crippen molar-refractivity contribution in [3.63, 3.8) is 0 Å². The standard InChI is InChI=1S/C13H14F4N2O/c14-7-6-8(15)11(17)12(10(7)16)19-13(20)9-4-2-1-3-5-18-9/h6,9,18H,1-5H2,(H,19,20). The fourth-order valence-electron chi connectivity index (χ4n) is 2.15. The van der Waals surface area contributed by atoms with Gasteiger partial charge in [0.05, 0.1) is 6.04 Å². The van der Waals surface area contributed by atoms with Crippen LogP contribution in [-0.4, -0.2) is 18.5 Å². The fourth-order valence-corrected chi connectivity index (χ4v) is 2.15. The third kappa shape index (κ3) is 3.09. The lowest BCUT2D eigenvalue weighted by Crippen LogP contribution is -2.40. The lowest BCUT2D eigenvalue weighted by molar-refractivity contribution is -0.118. The minimum Gasteiger partial charge on any atom is -0.320 e. The van der Waals surface area contributed by atoms with Gasteiger partial charge in [-0.15, -0.1) is 0 Å². The number of carbonyl (C=O) groups is 1. The summed E-state index contributed by atoms with van der Waals surface area (Å²) in [7, 11) is 0. The minimum atomic E-state index is -1.61. The Kier molecular flexibility index (Phi) is 4.59. The van der Waals surface area contributed by atoms with E-state index in [1.54, 1.807) is 0 Å². The highest BCUT2D eigenvalue weighted by Crippen LogP contribution is 2.24. The molecular weight excluding hydrogens is 276 g/mol. The Morgan fingerprint density at radius 1 is 1.10 bits per heavy atom. The van der Waals surface area contributed by atoms with Gasteiger partial charge in [-0.3, -0.25) is 4.79 Å². The van der Waals surface area contributed by atoms with Crippen molar-refractivity contribution in [1.82, 2.24) is 5.32 Å². The van der Waals surface area contributed by atoms with E-state index in [4.69, 9.17) is 0 Å². The van der Waals surface area contributed by atoms with Gasteiger partial charge in [-0.1, -0.05) is 12.8 Å². The van der Waals surface area contributed by atoms with E-state index in [-0.39, 0.29) is 6.07 Å². The van der Waals surface area contributed by atoms with E-state index in [0.717, 1.165) is 19.3 Å². The maximum Gasteiger partial charge on any atom is 0.241 e. The molecule has 1 aromatic carbocycles. The summed E-state index contributed by atoms with van der Waals surface area (Å²) in [5, 5.41) is 4.85. The van der Waals surface area contributed by atoms with E-state index in [2.05, 4.69) is 5.32 Å². The number of carbonyl (C=O) groups excluding carboxylic acids is 1. The molecular formula is C13H14F4N2O. The van der Waals surface area contributed by atoms with Crippen LogP contribution in [-0.2, 0) is 4.79 Å². The van der Waals surface area contributed by atoms with Crippen molar-refractivity contribution in [3.05, 3.63) is 29.3 Å². The van der Waals surface area contributed by atoms with Crippen LogP contribution in [0.3, 0.4) is 0 Å². The highest BCUT2D eigenvalue weighted by molar-refractivity contribution is 5.95. The number of rotatable bonds is 2. The predicted molar refractivity (Wildman–Crippen MR) is 65.2 cm³/mol. The summed E-state index contributed by atoms with van der Waals surface area (Å²) in [5.41, 5.74) is -1.08. The van der Waals surface area contributed by atoms with Crippen molar-refractivity contribution in [1.29, 1.82) is 0 Å². The quantitative estimate of drug-likeness (QED) is 0.649. The predicted octanol–water partition coefficient (Wildman–Crippen LogP) is 2.71. The van der Waals surface area contributed by atoms with Crippen molar-refractivity contribution in [2.24, 2.45) is 0 Å². The molecule has 1 atom stereocenters. The smallest absolute Gasteiger partial charge is 0.241 e. The van der Waals surface area contributed by atoms with E-state index in [1.165, 1.54) is 0 Å². The number of benzene rings is 1. The van der Waals surface area contributed by atoms with Crippen molar-refractivity contribution in [3.8, 4) is 0 Å². The molecule has 1 unspecified atom stereocenters. The molecule has 0 aromatic heterocycles. The molecule has 0 bridgehead atoms. The second-order valence-corrected chi connectivity index (χ2v) is 4.69. The molecule has 1 fully saturated rings. The molecule has 20 heavy (non-hydrogen) atoms. The highest BCUT2D eigenvalue weighted by atomic mass is 19.2. The summed E-state index contributed by atoms with van der Waals surface area (Å²) < 4.78 is 52.9. The van der Waals surface area contributed by atoms with Gasteiger partial charge in [-0.2, -0.15) is 0 Å². The van der Waals surface area contributed by atoms with Crippen LogP contribution in [0.15, 0.2) is 6.07 Å². The van der Waals surface area contributed by atoms with Gasteiger partial charge in [0.25, 0.3) is 0 Å². The van der Waals surface area contributed by atoms with Gasteiger partial charge in [0.1, 0.15) is 5.69 Å². The third-order valence-electron chi connectivity index (χ3n) is 3.24. The Morgan fingerprint density at radius 2 is 1.75 bits per heavy atom. The van der Waals surface area contributed by atoms with Crippen LogP contribution in [0.2, 0.25) is 0 Å². The van der Waals surface area contributed by atoms with Crippen molar-refractivity contribution >= 4 is 11.6 Å². The number of anilines is 1. The minimum absolute atomic E-state index is 0.101. The molecule has 1 aliphatic heterocycles. The van der Waals surface area contributed by atoms with Crippen molar-refractivity contribution in [2.75, 3.05) is 11.9 Å². The van der Waals surface area contributed by atoms with Crippen LogP contribution in [0.1, 0.15) is 25.7 Å². The molecule has 0 spiro atoms. The first-order chi connectivity index (χ1) is 9.50. The number of amides is 1. The summed E-state index contributed by atoms with van der Waals surface area (Å²) in [6.07, 6.45) is 3.16. The summed E-state index contributed by atoms with van der Waals surface area (Å²) in [4.78, 5) is 11.9. The van der Waals surface area contributed by atoms with Crippen molar-refractivity contribution < 1.29 is 22.4 Å². The first-order valence-corrected chi connectivity index (χ1v) is 6.38. The molecule has 0 radical (unpaired) electrons. The second-order valence-electron chi connectivity index (χ2n) is 4.69. The van der Waals surface area contributed by atoms with Crippen LogP contribution < -0.4 is 10.6 Å². The van der Waals surface area contributed by atoms with E-state index >= 15 is 0 Å². The summed E-state index contributed by atoms with van der Waals surface area (Å²) in [5.74, 6) is -7.01. The van der Waals surface area contributed by atoms with Gasteiger partial charge in [0, 0.05) is 6.07 Å². The lowest BCUT2D eigenvalue weighted by atomic mass is 10.1. The Hall–Kier alpha value is -1.63. The highest BCUT2D eigenvalue weighted by Gasteiger charge is 2.25. The van der Waals surface area contributed by atoms with Gasteiger partial charge in [0.15, 0.2) is 23.3 Å². The molecule has 3 nitrogen and oxygen atoms in total. The third-order valence-corrected chi connectivity index (χ3v) is 3.24. The zero-order valence-corrected chi connectivity index (χ0v) is 10.6. The van der Waals surface area contributed by atoms with E-state index < -0.39 is 40.9 Å². The summed E-state index contributed by atoms with van der Waals surface area (Å²) in [6.45, 7) is 0.612. The van der Waals surface area contributed by atoms with Gasteiger partial charge in [-0.25, -0.2) is 17.6 Å². The fraction of sp³-hybridized carbons (Fsp3) is 0.462. The largest absolute Gasteiger partial charge is 0.320 e. The molecule has 2 N–H and O–H groups in total. The van der Waals surface area contributed by atoms with E-state index in [1.807, 2.05) is 5.32 Å². The lowest BCUT2D eigenvalue weighted by Gasteiger charge is -2.16. The first kappa shape index (κ1) is 14.8. The monoisotopic (exact) mass is 290 g/mol. The summed E-state index contributed by atoms with van der Waals surface area (Å²) >= 11 is 0. The Labute approximate surface area is 113 Å². The van der Waals surface area contributed by atoms with E-state index in [9.17, 15) is 22.4 Å². The maximum atomic E-state index is 13.4.